The van der Waals surface area contributed by atoms with E-state index in [4.69, 9.17) is 9.15 Å². The minimum Gasteiger partial charge on any atom is -0.462 e. The Morgan fingerprint density at radius 1 is 1.29 bits per heavy atom. The molecule has 0 saturated carbocycles. The number of allylic oxidation sites excluding steroid dienone is 1. The van der Waals surface area contributed by atoms with Gasteiger partial charge in [0, 0.05) is 10.3 Å². The molecule has 1 aliphatic carbocycles. The van der Waals surface area contributed by atoms with Crippen LogP contribution in [0.3, 0.4) is 0 Å². The molecule has 2 heterocycles. The van der Waals surface area contributed by atoms with Gasteiger partial charge < -0.3 is 14.5 Å². The first-order valence-electron chi connectivity index (χ1n) is 10.3. The monoisotopic (exact) mass is 437 g/mol. The summed E-state index contributed by atoms with van der Waals surface area (Å²) in [5.41, 5.74) is 1.80. The van der Waals surface area contributed by atoms with E-state index >= 15 is 0 Å². The van der Waals surface area contributed by atoms with E-state index in [1.807, 2.05) is 12.1 Å². The van der Waals surface area contributed by atoms with Crippen molar-refractivity contribution in [3.8, 4) is 0 Å². The van der Waals surface area contributed by atoms with Crippen molar-refractivity contribution < 1.29 is 18.7 Å². The summed E-state index contributed by atoms with van der Waals surface area (Å²) in [4.78, 5) is 39.3. The normalized spacial score (nSPS) is 12.9. The van der Waals surface area contributed by atoms with Crippen LogP contribution in [-0.2, 0) is 24.0 Å². The van der Waals surface area contributed by atoms with Crippen LogP contribution < -0.4 is 10.9 Å². The minimum absolute atomic E-state index is 0.107. The number of carbonyl (C=O) groups excluding carboxylic acids is 2. The number of anilines is 1. The summed E-state index contributed by atoms with van der Waals surface area (Å²) >= 11 is 1.38. The maximum atomic E-state index is 13.0. The number of nitrogens with one attached hydrogen (secondary N) is 1. The largest absolute Gasteiger partial charge is 0.462 e. The Morgan fingerprint density at radius 2 is 2.10 bits per heavy atom. The number of esters is 1. The summed E-state index contributed by atoms with van der Waals surface area (Å²) in [7, 11) is 0. The highest BCUT2D eigenvalue weighted by atomic mass is 32.1. The summed E-state index contributed by atoms with van der Waals surface area (Å²) in [6, 6.07) is 7.01. The predicted molar refractivity (Wildman–Crippen MR) is 121 cm³/mol. The molecule has 0 saturated heterocycles. The maximum Gasteiger partial charge on any atom is 0.349 e. The van der Waals surface area contributed by atoms with Crippen molar-refractivity contribution in [3.05, 3.63) is 74.5 Å². The lowest BCUT2D eigenvalue weighted by Gasteiger charge is -2.12. The van der Waals surface area contributed by atoms with Crippen molar-refractivity contribution >= 4 is 39.2 Å². The Balaban J connectivity index is 1.72. The van der Waals surface area contributed by atoms with Gasteiger partial charge in [0.25, 0.3) is 5.91 Å². The van der Waals surface area contributed by atoms with Crippen LogP contribution in [0.15, 0.2) is 46.1 Å². The van der Waals surface area contributed by atoms with Gasteiger partial charge in [-0.15, -0.1) is 17.9 Å². The quantitative estimate of drug-likeness (QED) is 0.337. The third-order valence-corrected chi connectivity index (χ3v) is 6.54. The van der Waals surface area contributed by atoms with Crippen molar-refractivity contribution in [2.45, 2.75) is 39.0 Å². The molecule has 0 unspecified atom stereocenters. The first-order valence-corrected chi connectivity index (χ1v) is 11.1. The van der Waals surface area contributed by atoms with Gasteiger partial charge in [-0.2, -0.15) is 0 Å². The number of para-hydroxylation sites is 1. The second-order valence-corrected chi connectivity index (χ2v) is 8.47. The molecule has 6 nitrogen and oxygen atoms in total. The van der Waals surface area contributed by atoms with E-state index in [0.717, 1.165) is 41.7 Å². The zero-order valence-electron chi connectivity index (χ0n) is 17.3. The topological polar surface area (TPSA) is 85.6 Å². The Hall–Kier alpha value is -3.19. The number of thiophene rings is 1. The van der Waals surface area contributed by atoms with Crippen LogP contribution in [0.4, 0.5) is 5.00 Å². The molecule has 0 fully saturated rings. The third-order valence-electron chi connectivity index (χ3n) is 5.33. The molecule has 2 aromatic heterocycles. The van der Waals surface area contributed by atoms with E-state index in [0.29, 0.717) is 28.0 Å². The average molecular weight is 438 g/mol. The Labute approximate surface area is 183 Å². The summed E-state index contributed by atoms with van der Waals surface area (Å²) in [6.45, 7) is 5.71. The number of fused-ring (bicyclic) bond motifs is 2. The van der Waals surface area contributed by atoms with E-state index in [1.165, 1.54) is 17.4 Å². The van der Waals surface area contributed by atoms with Gasteiger partial charge in [0.05, 0.1) is 12.2 Å². The van der Waals surface area contributed by atoms with Gasteiger partial charge in [-0.25, -0.2) is 9.59 Å². The fourth-order valence-electron chi connectivity index (χ4n) is 3.92. The number of rotatable bonds is 6. The summed E-state index contributed by atoms with van der Waals surface area (Å²) in [5.74, 6) is -1.05. The van der Waals surface area contributed by atoms with Gasteiger partial charge >= 0.3 is 11.6 Å². The third kappa shape index (κ3) is 4.05. The number of hydrogen-bond donors (Lipinski definition) is 1. The van der Waals surface area contributed by atoms with Gasteiger partial charge in [0.15, 0.2) is 0 Å². The van der Waals surface area contributed by atoms with Gasteiger partial charge in [0.1, 0.15) is 16.1 Å². The first-order chi connectivity index (χ1) is 15.0. The van der Waals surface area contributed by atoms with E-state index in [-0.39, 0.29) is 12.2 Å². The first kappa shape index (κ1) is 21.1. The molecule has 1 amide bonds. The van der Waals surface area contributed by atoms with Crippen LogP contribution in [0.5, 0.6) is 0 Å². The highest BCUT2D eigenvalue weighted by Gasteiger charge is 2.28. The molecule has 0 radical (unpaired) electrons. The maximum absolute atomic E-state index is 13.0. The van der Waals surface area contributed by atoms with Crippen molar-refractivity contribution in [1.82, 2.24) is 0 Å². The molecule has 1 aromatic carbocycles. The Morgan fingerprint density at radius 3 is 2.87 bits per heavy atom. The molecule has 0 bridgehead atoms. The molecule has 7 heteroatoms. The van der Waals surface area contributed by atoms with Crippen LogP contribution in [-0.4, -0.2) is 18.5 Å². The number of hydrogen-bond acceptors (Lipinski definition) is 6. The molecule has 0 spiro atoms. The molecular weight excluding hydrogens is 414 g/mol. The van der Waals surface area contributed by atoms with Crippen molar-refractivity contribution in [3.63, 3.8) is 0 Å². The lowest BCUT2D eigenvalue weighted by Crippen LogP contribution is -2.21. The van der Waals surface area contributed by atoms with E-state index in [9.17, 15) is 14.4 Å². The van der Waals surface area contributed by atoms with Crippen LogP contribution in [0, 0.1) is 0 Å². The highest BCUT2D eigenvalue weighted by Crippen LogP contribution is 2.38. The fourth-order valence-corrected chi connectivity index (χ4v) is 5.20. The van der Waals surface area contributed by atoms with Gasteiger partial charge in [-0.3, -0.25) is 4.79 Å². The molecule has 31 heavy (non-hydrogen) atoms. The van der Waals surface area contributed by atoms with Crippen LogP contribution >= 0.6 is 11.3 Å². The number of ether oxygens (including phenoxy) is 1. The number of carbonyl (C=O) groups is 2. The molecule has 1 aliphatic rings. The molecule has 3 aromatic rings. The van der Waals surface area contributed by atoms with E-state index in [2.05, 4.69) is 11.9 Å². The zero-order valence-corrected chi connectivity index (χ0v) is 18.1. The Bertz CT molecular complexity index is 1240. The zero-order chi connectivity index (χ0) is 22.0. The number of amides is 1. The fraction of sp³-hybridized carbons (Fsp3) is 0.292. The smallest absolute Gasteiger partial charge is 0.349 e. The molecule has 160 valence electrons. The Kier molecular flexibility index (Phi) is 6.04. The van der Waals surface area contributed by atoms with E-state index < -0.39 is 17.5 Å². The van der Waals surface area contributed by atoms with Gasteiger partial charge in [0.2, 0.25) is 0 Å². The van der Waals surface area contributed by atoms with Gasteiger partial charge in [-0.1, -0.05) is 24.3 Å². The molecule has 4 rings (SSSR count). The lowest BCUT2D eigenvalue weighted by atomic mass is 9.95. The summed E-state index contributed by atoms with van der Waals surface area (Å²) < 4.78 is 10.7. The van der Waals surface area contributed by atoms with Gasteiger partial charge in [-0.05, 0) is 56.2 Å². The standard InChI is InChI=1S/C24H23NO5S/c1-3-8-14-9-7-10-15-13-17(23(27)30-20(14)15)21(26)25-22-19(24(28)29-4-2)16-11-5-6-12-18(16)31-22/h3,7,9-10,13H,1,4-6,8,11-12H2,2H3,(H,25,26). The van der Waals surface area contributed by atoms with Crippen molar-refractivity contribution in [1.29, 1.82) is 0 Å². The number of aryl methyl sites for hydroxylation is 1. The minimum atomic E-state index is -0.722. The average Bonchev–Trinajstić information content (AvgIpc) is 3.12. The van der Waals surface area contributed by atoms with Crippen LogP contribution in [0.2, 0.25) is 0 Å². The molecular formula is C24H23NO5S. The highest BCUT2D eigenvalue weighted by molar-refractivity contribution is 7.17. The van der Waals surface area contributed by atoms with Crippen molar-refractivity contribution in [2.24, 2.45) is 0 Å². The van der Waals surface area contributed by atoms with Crippen molar-refractivity contribution in [2.75, 3.05) is 11.9 Å². The van der Waals surface area contributed by atoms with E-state index in [1.54, 1.807) is 19.1 Å². The number of benzene rings is 1. The lowest BCUT2D eigenvalue weighted by molar-refractivity contribution is 0.0526. The molecule has 0 atom stereocenters. The second kappa shape index (κ2) is 8.89. The second-order valence-electron chi connectivity index (χ2n) is 7.37. The van der Waals surface area contributed by atoms with Crippen LogP contribution in [0.1, 0.15) is 56.5 Å². The molecule has 0 aliphatic heterocycles. The summed E-state index contributed by atoms with van der Waals surface area (Å²) in [5, 5.41) is 3.85. The van der Waals surface area contributed by atoms with Crippen LogP contribution in [0.25, 0.3) is 11.0 Å². The SMILES string of the molecule is C=CCc1cccc2cc(C(=O)Nc3sc4c(c3C(=O)OCC)CCCC4)c(=O)oc12. The predicted octanol–water partition coefficient (Wildman–Crippen LogP) is 4.89. The summed E-state index contributed by atoms with van der Waals surface area (Å²) in [6.07, 6.45) is 5.96. The molecule has 1 N–H and O–H groups in total.